The molecule has 1 aliphatic rings. The molecule has 0 bridgehead atoms. The predicted molar refractivity (Wildman–Crippen MR) is 85.7 cm³/mol. The molecule has 0 saturated carbocycles. The van der Waals surface area contributed by atoms with Gasteiger partial charge in [-0.25, -0.2) is 9.97 Å². The van der Waals surface area contributed by atoms with Crippen LogP contribution in [0.1, 0.15) is 41.7 Å². The van der Waals surface area contributed by atoms with Crippen molar-refractivity contribution < 1.29 is 0 Å². The van der Waals surface area contributed by atoms with Crippen molar-refractivity contribution in [3.63, 3.8) is 0 Å². The van der Waals surface area contributed by atoms with Gasteiger partial charge in [0, 0.05) is 23.7 Å². The average molecular weight is 302 g/mol. The lowest BCUT2D eigenvalue weighted by Crippen LogP contribution is -2.27. The van der Waals surface area contributed by atoms with Gasteiger partial charge < -0.3 is 5.32 Å². The lowest BCUT2D eigenvalue weighted by Gasteiger charge is -2.20. The minimum atomic E-state index is 0.765. The maximum Gasteiger partial charge on any atom is 0.133 e. The molecule has 1 aliphatic heterocycles. The fourth-order valence-corrected chi connectivity index (χ4v) is 2.93. The van der Waals surface area contributed by atoms with Crippen molar-refractivity contribution in [2.24, 2.45) is 0 Å². The molecule has 1 N–H and O–H groups in total. The largest absolute Gasteiger partial charge is 0.311 e. The van der Waals surface area contributed by atoms with Gasteiger partial charge in [0.1, 0.15) is 5.82 Å². The Morgan fingerprint density at radius 2 is 2.00 bits per heavy atom. The van der Waals surface area contributed by atoms with E-state index in [-0.39, 0.29) is 0 Å². The Bertz CT molecular complexity index is 623. The molecule has 0 amide bonds. The van der Waals surface area contributed by atoms with Gasteiger partial charge in [-0.3, -0.25) is 0 Å². The van der Waals surface area contributed by atoms with Gasteiger partial charge >= 0.3 is 0 Å². The number of aromatic nitrogens is 2. The molecule has 2 heterocycles. The second-order valence-corrected chi connectivity index (χ2v) is 5.93. The number of benzene rings is 1. The average Bonchev–Trinajstić information content (AvgIpc) is 2.50. The molecule has 0 radical (unpaired) electrons. The third kappa shape index (κ3) is 3.42. The number of hydrogen-bond donors (Lipinski definition) is 1. The Labute approximate surface area is 130 Å². The number of halogens is 1. The van der Waals surface area contributed by atoms with Gasteiger partial charge in [-0.05, 0) is 42.6 Å². The smallest absolute Gasteiger partial charge is 0.133 e. The second kappa shape index (κ2) is 6.54. The maximum absolute atomic E-state index is 5.94. The van der Waals surface area contributed by atoms with Crippen molar-refractivity contribution in [1.82, 2.24) is 15.3 Å². The van der Waals surface area contributed by atoms with E-state index in [4.69, 9.17) is 21.6 Å². The van der Waals surface area contributed by atoms with E-state index in [1.807, 2.05) is 24.3 Å². The normalized spacial score (nSPS) is 14.0. The zero-order chi connectivity index (χ0) is 14.7. The molecule has 4 heteroatoms. The molecule has 0 unspecified atom stereocenters. The van der Waals surface area contributed by atoms with Crippen LogP contribution in [0.25, 0.3) is 0 Å². The molecule has 21 heavy (non-hydrogen) atoms. The number of aryl methyl sites for hydroxylation is 1. The van der Waals surface area contributed by atoms with Gasteiger partial charge in [-0.1, -0.05) is 37.1 Å². The zero-order valence-electron chi connectivity index (χ0n) is 12.3. The van der Waals surface area contributed by atoms with E-state index in [2.05, 4.69) is 12.2 Å². The first-order valence-electron chi connectivity index (χ1n) is 7.59. The van der Waals surface area contributed by atoms with Crippen LogP contribution in [-0.2, 0) is 25.8 Å². The first-order valence-corrected chi connectivity index (χ1v) is 7.96. The molecule has 1 aromatic heterocycles. The molecule has 0 saturated heterocycles. The molecule has 2 aromatic rings. The lowest BCUT2D eigenvalue weighted by molar-refractivity contribution is 0.607. The third-order valence-corrected chi connectivity index (χ3v) is 4.08. The monoisotopic (exact) mass is 301 g/mol. The fourth-order valence-electron chi connectivity index (χ4n) is 2.80. The lowest BCUT2D eigenvalue weighted by atomic mass is 10.0. The summed E-state index contributed by atoms with van der Waals surface area (Å²) in [6.45, 7) is 4.10. The summed E-state index contributed by atoms with van der Waals surface area (Å²) in [5.41, 5.74) is 5.00. The molecule has 3 nitrogen and oxygen atoms in total. The summed E-state index contributed by atoms with van der Waals surface area (Å²) < 4.78 is 0. The Morgan fingerprint density at radius 3 is 2.76 bits per heavy atom. The van der Waals surface area contributed by atoms with Crippen LogP contribution in [0.5, 0.6) is 0 Å². The maximum atomic E-state index is 5.94. The van der Waals surface area contributed by atoms with Crippen molar-refractivity contribution in [3.8, 4) is 0 Å². The van der Waals surface area contributed by atoms with E-state index >= 15 is 0 Å². The van der Waals surface area contributed by atoms with E-state index in [0.29, 0.717) is 0 Å². The van der Waals surface area contributed by atoms with Crippen LogP contribution >= 0.6 is 11.6 Å². The van der Waals surface area contributed by atoms with E-state index < -0.39 is 0 Å². The van der Waals surface area contributed by atoms with Gasteiger partial charge in [-0.2, -0.15) is 0 Å². The van der Waals surface area contributed by atoms with Gasteiger partial charge in [-0.15, -0.1) is 0 Å². The molecule has 1 aromatic carbocycles. The summed E-state index contributed by atoms with van der Waals surface area (Å²) in [5, 5.41) is 4.17. The van der Waals surface area contributed by atoms with Crippen LogP contribution < -0.4 is 5.32 Å². The minimum Gasteiger partial charge on any atom is -0.311 e. The molecule has 0 fully saturated rings. The van der Waals surface area contributed by atoms with E-state index in [1.165, 1.54) is 22.5 Å². The first kappa shape index (κ1) is 14.5. The number of fused-ring (bicyclic) bond motifs is 1. The topological polar surface area (TPSA) is 37.8 Å². The van der Waals surface area contributed by atoms with Crippen molar-refractivity contribution >= 4 is 11.6 Å². The number of rotatable bonds is 4. The fraction of sp³-hybridized carbons (Fsp3) is 0.412. The Balaban J connectivity index is 1.91. The van der Waals surface area contributed by atoms with Crippen molar-refractivity contribution in [1.29, 1.82) is 0 Å². The molecule has 0 atom stereocenters. The SMILES string of the molecule is CCCc1nc(Cc2ccc(Cl)cc2)nc2c1CCNC2. The van der Waals surface area contributed by atoms with Crippen LogP contribution in [0.2, 0.25) is 5.02 Å². The quantitative estimate of drug-likeness (QED) is 0.941. The highest BCUT2D eigenvalue weighted by Gasteiger charge is 2.17. The van der Waals surface area contributed by atoms with Crippen molar-refractivity contribution in [3.05, 3.63) is 57.6 Å². The summed E-state index contributed by atoms with van der Waals surface area (Å²) in [7, 11) is 0. The highest BCUT2D eigenvalue weighted by Crippen LogP contribution is 2.19. The van der Waals surface area contributed by atoms with Gasteiger partial charge in [0.2, 0.25) is 0 Å². The highest BCUT2D eigenvalue weighted by molar-refractivity contribution is 6.30. The van der Waals surface area contributed by atoms with Gasteiger partial charge in [0.05, 0.1) is 5.69 Å². The van der Waals surface area contributed by atoms with Crippen LogP contribution in [-0.4, -0.2) is 16.5 Å². The number of nitrogens with one attached hydrogen (secondary N) is 1. The van der Waals surface area contributed by atoms with Crippen LogP contribution in [0.15, 0.2) is 24.3 Å². The molecule has 0 aliphatic carbocycles. The predicted octanol–water partition coefficient (Wildman–Crippen LogP) is 3.32. The summed E-state index contributed by atoms with van der Waals surface area (Å²) >= 11 is 5.94. The Kier molecular flexibility index (Phi) is 4.51. The number of nitrogens with zero attached hydrogens (tertiary/aromatic N) is 2. The Hall–Kier alpha value is -1.45. The van der Waals surface area contributed by atoms with Crippen molar-refractivity contribution in [2.45, 2.75) is 39.2 Å². The van der Waals surface area contributed by atoms with Crippen LogP contribution in [0, 0.1) is 0 Å². The van der Waals surface area contributed by atoms with E-state index in [1.54, 1.807) is 0 Å². The second-order valence-electron chi connectivity index (χ2n) is 5.49. The Morgan fingerprint density at radius 1 is 1.19 bits per heavy atom. The summed E-state index contributed by atoms with van der Waals surface area (Å²) in [6, 6.07) is 7.93. The molecular formula is C17H20ClN3. The summed E-state index contributed by atoms with van der Waals surface area (Å²) in [5.74, 6) is 0.920. The number of hydrogen-bond acceptors (Lipinski definition) is 3. The van der Waals surface area contributed by atoms with Crippen molar-refractivity contribution in [2.75, 3.05) is 6.54 Å². The molecular weight excluding hydrogens is 282 g/mol. The standard InChI is InChI=1S/C17H20ClN3/c1-2-3-15-14-8-9-19-11-16(14)21-17(20-15)10-12-4-6-13(18)7-5-12/h4-7,19H,2-3,8-11H2,1H3. The molecule has 110 valence electrons. The van der Waals surface area contributed by atoms with Crippen LogP contribution in [0.3, 0.4) is 0 Å². The summed E-state index contributed by atoms with van der Waals surface area (Å²) in [4.78, 5) is 9.59. The highest BCUT2D eigenvalue weighted by atomic mass is 35.5. The molecule has 3 rings (SSSR count). The third-order valence-electron chi connectivity index (χ3n) is 3.83. The minimum absolute atomic E-state index is 0.765. The van der Waals surface area contributed by atoms with Crippen LogP contribution in [0.4, 0.5) is 0 Å². The zero-order valence-corrected chi connectivity index (χ0v) is 13.1. The van der Waals surface area contributed by atoms with Gasteiger partial charge in [0.25, 0.3) is 0 Å². The van der Waals surface area contributed by atoms with E-state index in [0.717, 1.165) is 49.6 Å². The van der Waals surface area contributed by atoms with Gasteiger partial charge in [0.15, 0.2) is 0 Å². The van der Waals surface area contributed by atoms with E-state index in [9.17, 15) is 0 Å². The first-order chi connectivity index (χ1) is 10.3. The summed E-state index contributed by atoms with van der Waals surface area (Å²) in [6.07, 6.45) is 3.97. The molecule has 0 spiro atoms.